The number of hydrogen-bond acceptors (Lipinski definition) is 6. The highest BCUT2D eigenvalue weighted by molar-refractivity contribution is 8.00. The maximum Gasteiger partial charge on any atom is 0.244 e. The van der Waals surface area contributed by atoms with E-state index in [0.717, 1.165) is 4.90 Å². The fraction of sp³-hybridized carbons (Fsp3) is 0.591. The molecule has 31 heavy (non-hydrogen) atoms. The third-order valence-electron chi connectivity index (χ3n) is 6.25. The van der Waals surface area contributed by atoms with E-state index in [9.17, 15) is 13.2 Å². The molecule has 2 fully saturated rings. The Morgan fingerprint density at radius 1 is 1.19 bits per heavy atom. The number of amides is 1. The number of halogens is 1. The Kier molecular flexibility index (Phi) is 9.71. The number of piperidine rings is 1. The van der Waals surface area contributed by atoms with Gasteiger partial charge in [0.1, 0.15) is 0 Å². The molecule has 0 unspecified atom stereocenters. The van der Waals surface area contributed by atoms with E-state index in [1.54, 1.807) is 17.6 Å². The summed E-state index contributed by atoms with van der Waals surface area (Å²) in [7, 11) is -3.78. The number of carbonyl (C=O) groups excluding carboxylic acids is 1. The number of thioether (sulfide) groups is 1. The molecule has 9 heteroatoms. The first-order chi connectivity index (χ1) is 14.4. The monoisotopic (exact) mass is 486 g/mol. The van der Waals surface area contributed by atoms with Crippen molar-refractivity contribution in [1.82, 2.24) is 10.4 Å². The first kappa shape index (κ1) is 26.0. The standard InChI is InChI=1S/C22H30N2O4S2.ClH/c1-2-14-24-15-12-22(13-16-24,17-21(25)23-26)30(27,28)20-10-8-19(9-11-20)29-18-6-4-3-5-7-18;/h1,8-11,18,26H,3-7,12-17H2,(H,23,25);1H. The highest BCUT2D eigenvalue weighted by Gasteiger charge is 2.48. The van der Waals surface area contributed by atoms with Crippen LogP contribution in [-0.4, -0.2) is 54.1 Å². The van der Waals surface area contributed by atoms with Gasteiger partial charge < -0.3 is 0 Å². The van der Waals surface area contributed by atoms with Crippen molar-refractivity contribution in [2.45, 2.75) is 71.2 Å². The fourth-order valence-corrected chi connectivity index (χ4v) is 7.73. The van der Waals surface area contributed by atoms with Crippen molar-refractivity contribution in [3.8, 4) is 12.3 Å². The van der Waals surface area contributed by atoms with Gasteiger partial charge in [0, 0.05) is 29.7 Å². The molecular formula is C22H31ClN2O4S2. The predicted molar refractivity (Wildman–Crippen MR) is 125 cm³/mol. The van der Waals surface area contributed by atoms with Gasteiger partial charge in [-0.1, -0.05) is 25.2 Å². The molecule has 1 heterocycles. The van der Waals surface area contributed by atoms with Crippen LogP contribution in [0.5, 0.6) is 0 Å². The summed E-state index contributed by atoms with van der Waals surface area (Å²) in [4.78, 5) is 15.3. The lowest BCUT2D eigenvalue weighted by Gasteiger charge is -2.40. The van der Waals surface area contributed by atoms with E-state index in [1.165, 1.54) is 32.1 Å². The Bertz CT molecular complexity index is 870. The molecule has 1 aliphatic heterocycles. The average Bonchev–Trinajstić information content (AvgIpc) is 2.76. The van der Waals surface area contributed by atoms with Crippen LogP contribution in [0.3, 0.4) is 0 Å². The Hall–Kier alpha value is -1.24. The van der Waals surface area contributed by atoms with Gasteiger partial charge in [0.05, 0.1) is 16.2 Å². The van der Waals surface area contributed by atoms with Gasteiger partial charge in [0.15, 0.2) is 9.84 Å². The zero-order chi connectivity index (χ0) is 21.6. The largest absolute Gasteiger partial charge is 0.292 e. The number of likely N-dealkylation sites (tertiary alicyclic amines) is 1. The van der Waals surface area contributed by atoms with E-state index in [0.29, 0.717) is 37.7 Å². The maximum absolute atomic E-state index is 13.6. The molecule has 1 aromatic carbocycles. The lowest BCUT2D eigenvalue weighted by molar-refractivity contribution is -0.130. The molecule has 0 spiro atoms. The summed E-state index contributed by atoms with van der Waals surface area (Å²) in [5, 5.41) is 9.61. The zero-order valence-electron chi connectivity index (χ0n) is 17.6. The number of sulfone groups is 1. The minimum Gasteiger partial charge on any atom is -0.292 e. The van der Waals surface area contributed by atoms with Crippen molar-refractivity contribution < 1.29 is 18.4 Å². The minimum atomic E-state index is -3.78. The summed E-state index contributed by atoms with van der Waals surface area (Å²) < 4.78 is 26.0. The molecule has 0 bridgehead atoms. The fourth-order valence-electron chi connectivity index (χ4n) is 4.44. The number of rotatable bonds is 7. The predicted octanol–water partition coefficient (Wildman–Crippen LogP) is 3.67. The second-order valence-electron chi connectivity index (χ2n) is 8.23. The Balaban J connectivity index is 0.00000341. The van der Waals surface area contributed by atoms with Crippen molar-refractivity contribution in [3.63, 3.8) is 0 Å². The first-order valence-electron chi connectivity index (χ1n) is 10.5. The molecule has 1 saturated carbocycles. The molecule has 6 nitrogen and oxygen atoms in total. The van der Waals surface area contributed by atoms with Crippen LogP contribution >= 0.6 is 24.2 Å². The second-order valence-corrected chi connectivity index (χ2v) is 11.9. The molecule has 172 valence electrons. The van der Waals surface area contributed by atoms with Gasteiger partial charge in [-0.05, 0) is 49.9 Å². The zero-order valence-corrected chi connectivity index (χ0v) is 20.0. The molecule has 2 N–H and O–H groups in total. The Morgan fingerprint density at radius 2 is 1.81 bits per heavy atom. The maximum atomic E-state index is 13.6. The van der Waals surface area contributed by atoms with Gasteiger partial charge in [0.25, 0.3) is 0 Å². The minimum absolute atomic E-state index is 0. The summed E-state index contributed by atoms with van der Waals surface area (Å²) >= 11 is 1.82. The van der Waals surface area contributed by atoms with Crippen LogP contribution < -0.4 is 5.48 Å². The topological polar surface area (TPSA) is 86.7 Å². The van der Waals surface area contributed by atoms with E-state index < -0.39 is 20.5 Å². The first-order valence-corrected chi connectivity index (χ1v) is 12.9. The highest BCUT2D eigenvalue weighted by atomic mass is 35.5. The van der Waals surface area contributed by atoms with Gasteiger partial charge in [0.2, 0.25) is 5.91 Å². The van der Waals surface area contributed by atoms with E-state index in [1.807, 2.05) is 28.8 Å². The van der Waals surface area contributed by atoms with E-state index in [-0.39, 0.29) is 23.7 Å². The SMILES string of the molecule is C#CCN1CCC(CC(=O)NO)(S(=O)(=O)c2ccc(SC3CCCCC3)cc2)CC1.Cl. The van der Waals surface area contributed by atoms with E-state index in [2.05, 4.69) is 5.92 Å². The molecule has 1 aliphatic carbocycles. The third kappa shape index (κ3) is 6.17. The molecule has 2 aliphatic rings. The third-order valence-corrected chi connectivity index (χ3v) is 10.2. The lowest BCUT2D eigenvalue weighted by atomic mass is 9.92. The van der Waals surface area contributed by atoms with Crippen LogP contribution in [0.25, 0.3) is 0 Å². The number of nitrogens with zero attached hydrogens (tertiary/aromatic N) is 1. The molecular weight excluding hydrogens is 456 g/mol. The number of hydroxylamine groups is 1. The Labute approximate surface area is 195 Å². The molecule has 0 aromatic heterocycles. The van der Waals surface area contributed by atoms with Crippen LogP contribution in [0, 0.1) is 12.3 Å². The quantitative estimate of drug-likeness (QED) is 0.347. The molecule has 1 saturated heterocycles. The van der Waals surface area contributed by atoms with Crippen molar-refractivity contribution in [3.05, 3.63) is 24.3 Å². The summed E-state index contributed by atoms with van der Waals surface area (Å²) in [6, 6.07) is 7.07. The summed E-state index contributed by atoms with van der Waals surface area (Å²) in [5.74, 6) is 1.90. The summed E-state index contributed by atoms with van der Waals surface area (Å²) in [6.07, 6.45) is 11.9. The number of carbonyl (C=O) groups is 1. The summed E-state index contributed by atoms with van der Waals surface area (Å²) in [5.41, 5.74) is 1.60. The second kappa shape index (κ2) is 11.6. The smallest absolute Gasteiger partial charge is 0.244 e. The van der Waals surface area contributed by atoms with Gasteiger partial charge in [-0.15, -0.1) is 30.6 Å². The normalized spacial score (nSPS) is 19.7. The highest BCUT2D eigenvalue weighted by Crippen LogP contribution is 2.39. The summed E-state index contributed by atoms with van der Waals surface area (Å²) in [6.45, 7) is 1.45. The van der Waals surface area contributed by atoms with Crippen LogP contribution in [0.1, 0.15) is 51.4 Å². The van der Waals surface area contributed by atoms with Crippen molar-refractivity contribution in [2.24, 2.45) is 0 Å². The molecule has 3 rings (SSSR count). The molecule has 1 amide bonds. The van der Waals surface area contributed by atoms with Gasteiger partial charge in [-0.25, -0.2) is 13.9 Å². The number of nitrogens with one attached hydrogen (secondary N) is 1. The number of terminal acetylenes is 1. The van der Waals surface area contributed by atoms with Crippen LogP contribution in [0.4, 0.5) is 0 Å². The average molecular weight is 487 g/mol. The lowest BCUT2D eigenvalue weighted by Crippen LogP contribution is -2.51. The van der Waals surface area contributed by atoms with E-state index in [4.69, 9.17) is 11.6 Å². The Morgan fingerprint density at radius 3 is 2.35 bits per heavy atom. The van der Waals surface area contributed by atoms with E-state index >= 15 is 0 Å². The molecule has 0 radical (unpaired) electrons. The molecule has 0 atom stereocenters. The van der Waals surface area contributed by atoms with Gasteiger partial charge >= 0.3 is 0 Å². The van der Waals surface area contributed by atoms with Crippen LogP contribution in [0.15, 0.2) is 34.1 Å². The van der Waals surface area contributed by atoms with Crippen LogP contribution in [0.2, 0.25) is 0 Å². The molecule has 1 aromatic rings. The van der Waals surface area contributed by atoms with Gasteiger partial charge in [-0.2, -0.15) is 0 Å². The van der Waals surface area contributed by atoms with Gasteiger partial charge in [-0.3, -0.25) is 14.9 Å². The number of hydrogen-bond donors (Lipinski definition) is 2. The van der Waals surface area contributed by atoms with Crippen molar-refractivity contribution >= 4 is 39.9 Å². The number of benzene rings is 1. The van der Waals surface area contributed by atoms with Crippen LogP contribution in [-0.2, 0) is 14.6 Å². The van der Waals surface area contributed by atoms with Crippen molar-refractivity contribution in [2.75, 3.05) is 19.6 Å². The van der Waals surface area contributed by atoms with Crippen molar-refractivity contribution in [1.29, 1.82) is 0 Å².